The summed E-state index contributed by atoms with van der Waals surface area (Å²) < 4.78 is 16.9. The number of anilines is 1. The minimum absolute atomic E-state index is 0.367. The van der Waals surface area contributed by atoms with Gasteiger partial charge in [-0.1, -0.05) is 12.1 Å². The molecule has 0 unspecified atom stereocenters. The Labute approximate surface area is 162 Å². The number of ether oxygens (including phenoxy) is 3. The van der Waals surface area contributed by atoms with Crippen LogP contribution in [0.5, 0.6) is 17.2 Å². The van der Waals surface area contributed by atoms with Gasteiger partial charge in [0.25, 0.3) is 0 Å². The van der Waals surface area contributed by atoms with E-state index in [0.29, 0.717) is 12.5 Å². The summed E-state index contributed by atoms with van der Waals surface area (Å²) in [5.74, 6) is 2.25. The van der Waals surface area contributed by atoms with E-state index in [1.54, 1.807) is 14.2 Å². The predicted octanol–water partition coefficient (Wildman–Crippen LogP) is 4.10. The largest absolute Gasteiger partial charge is 0.497 e. The first-order valence-electron chi connectivity index (χ1n) is 8.90. The molecule has 0 saturated heterocycles. The lowest BCUT2D eigenvalue weighted by Gasteiger charge is -2.23. The fraction of sp³-hybridized carbons (Fsp3) is 0.381. The van der Waals surface area contributed by atoms with Gasteiger partial charge in [0.1, 0.15) is 17.2 Å². The lowest BCUT2D eigenvalue weighted by Crippen LogP contribution is -2.23. The molecule has 0 aliphatic heterocycles. The lowest BCUT2D eigenvalue weighted by molar-refractivity contribution is 0.314. The summed E-state index contributed by atoms with van der Waals surface area (Å²) in [5.41, 5.74) is 2.75. The Morgan fingerprint density at radius 2 is 1.78 bits per heavy atom. The van der Waals surface area contributed by atoms with Crippen LogP contribution in [0.3, 0.4) is 0 Å². The van der Waals surface area contributed by atoms with Crippen LogP contribution in [-0.4, -0.2) is 52.8 Å². The second kappa shape index (κ2) is 9.71. The number of benzene rings is 2. The van der Waals surface area contributed by atoms with Gasteiger partial charge in [-0.2, -0.15) is 0 Å². The normalized spacial score (nSPS) is 10.7. The zero-order valence-corrected chi connectivity index (χ0v) is 17.0. The molecule has 0 aromatic heterocycles. The molecule has 0 heterocycles. The first-order valence-corrected chi connectivity index (χ1v) is 8.90. The van der Waals surface area contributed by atoms with Crippen LogP contribution in [-0.2, 0) is 0 Å². The highest BCUT2D eigenvalue weighted by Crippen LogP contribution is 2.34. The summed E-state index contributed by atoms with van der Waals surface area (Å²) in [6, 6.07) is 11.6. The molecule has 0 radical (unpaired) electrons. The summed E-state index contributed by atoms with van der Waals surface area (Å²) in [5, 5.41) is 0. The van der Waals surface area contributed by atoms with Gasteiger partial charge >= 0.3 is 0 Å². The van der Waals surface area contributed by atoms with E-state index in [9.17, 15) is 0 Å². The summed E-state index contributed by atoms with van der Waals surface area (Å²) >= 11 is 0. The highest BCUT2D eigenvalue weighted by atomic mass is 16.5. The monoisotopic (exact) mass is 371 g/mol. The van der Waals surface area contributed by atoms with Crippen molar-refractivity contribution in [1.29, 1.82) is 0 Å². The number of hydrogen-bond acceptors (Lipinski definition) is 5. The van der Waals surface area contributed by atoms with Crippen molar-refractivity contribution < 1.29 is 14.2 Å². The Kier molecular flexibility index (Phi) is 7.34. The molecule has 0 N–H and O–H groups in total. The van der Waals surface area contributed by atoms with Crippen molar-refractivity contribution in [1.82, 2.24) is 4.90 Å². The second-order valence-corrected chi connectivity index (χ2v) is 6.23. The quantitative estimate of drug-likeness (QED) is 0.377. The van der Waals surface area contributed by atoms with Gasteiger partial charge in [0.05, 0.1) is 31.9 Å². The number of hydrogen-bond donors (Lipinski definition) is 0. The van der Waals surface area contributed by atoms with Gasteiger partial charge in [0, 0.05) is 38.3 Å². The molecule has 0 atom stereocenters. The van der Waals surface area contributed by atoms with Crippen LogP contribution in [0.1, 0.15) is 12.5 Å². The van der Waals surface area contributed by atoms with Crippen LogP contribution in [0.25, 0.3) is 0 Å². The van der Waals surface area contributed by atoms with Gasteiger partial charge in [-0.3, -0.25) is 0 Å². The van der Waals surface area contributed by atoms with Crippen LogP contribution in [0.15, 0.2) is 41.4 Å². The maximum atomic E-state index is 6.07. The highest BCUT2D eigenvalue weighted by Gasteiger charge is 2.12. The van der Waals surface area contributed by atoms with Crippen molar-refractivity contribution >= 4 is 17.7 Å². The van der Waals surface area contributed by atoms with E-state index in [1.807, 2.05) is 73.6 Å². The summed E-state index contributed by atoms with van der Waals surface area (Å²) in [6.45, 7) is 5.33. The Morgan fingerprint density at radius 3 is 2.44 bits per heavy atom. The van der Waals surface area contributed by atoms with Gasteiger partial charge < -0.3 is 24.0 Å². The minimum Gasteiger partial charge on any atom is -0.497 e. The molecular weight excluding hydrogens is 342 g/mol. The first kappa shape index (κ1) is 20.4. The van der Waals surface area contributed by atoms with Crippen molar-refractivity contribution in [3.8, 4) is 17.2 Å². The molecule has 0 spiro atoms. The molecule has 0 amide bonds. The third kappa shape index (κ3) is 5.29. The third-order valence-corrected chi connectivity index (χ3v) is 4.34. The Balaban J connectivity index is 2.21. The van der Waals surface area contributed by atoms with E-state index < -0.39 is 0 Å². The number of aliphatic imine (C=N–C) groups is 1. The predicted molar refractivity (Wildman–Crippen MR) is 111 cm³/mol. The van der Waals surface area contributed by atoms with Crippen molar-refractivity contribution in [2.24, 2.45) is 4.99 Å². The van der Waals surface area contributed by atoms with Crippen molar-refractivity contribution in [3.05, 3.63) is 42.0 Å². The molecular formula is C21H29N3O3. The standard InChI is InChI=1S/C21H29N3O3/c1-7-23(3)14-22-18-12-17(25-5)13-21(16(18)2)27-15-24(4)19-10-8-9-11-20(19)26-6/h8-14H,7,15H2,1-6H3. The number of nitrogens with zero attached hydrogens (tertiary/aromatic N) is 3. The molecule has 6 nitrogen and oxygen atoms in total. The maximum absolute atomic E-state index is 6.07. The molecule has 27 heavy (non-hydrogen) atoms. The fourth-order valence-corrected chi connectivity index (χ4v) is 2.47. The SMILES string of the molecule is CCN(C)C=Nc1cc(OC)cc(OCN(C)c2ccccc2OC)c1C. The van der Waals surface area contributed by atoms with Crippen LogP contribution < -0.4 is 19.1 Å². The molecule has 0 aliphatic rings. The minimum atomic E-state index is 0.367. The zero-order valence-electron chi connectivity index (χ0n) is 17.0. The molecule has 2 aromatic rings. The Hall–Kier alpha value is -2.89. The molecule has 0 bridgehead atoms. The highest BCUT2D eigenvalue weighted by molar-refractivity contribution is 5.66. The summed E-state index contributed by atoms with van der Waals surface area (Å²) in [6.07, 6.45) is 1.81. The van der Waals surface area contributed by atoms with E-state index >= 15 is 0 Å². The van der Waals surface area contributed by atoms with Gasteiger partial charge in [0.15, 0.2) is 6.73 Å². The number of methoxy groups -OCH3 is 2. The van der Waals surface area contributed by atoms with Crippen molar-refractivity contribution in [3.63, 3.8) is 0 Å². The van der Waals surface area contributed by atoms with Crippen molar-refractivity contribution in [2.75, 3.05) is 46.5 Å². The summed E-state index contributed by atoms with van der Waals surface area (Å²) in [7, 11) is 7.25. The summed E-state index contributed by atoms with van der Waals surface area (Å²) in [4.78, 5) is 8.57. The number of para-hydroxylation sites is 2. The van der Waals surface area contributed by atoms with Crippen LogP contribution in [0, 0.1) is 6.92 Å². The average Bonchev–Trinajstić information content (AvgIpc) is 2.71. The molecule has 146 valence electrons. The molecule has 0 fully saturated rings. The maximum Gasteiger partial charge on any atom is 0.161 e. The number of rotatable bonds is 9. The van der Waals surface area contributed by atoms with E-state index in [1.165, 1.54) is 0 Å². The average molecular weight is 371 g/mol. The van der Waals surface area contributed by atoms with E-state index in [0.717, 1.165) is 35.0 Å². The molecule has 6 heteroatoms. The van der Waals surface area contributed by atoms with Crippen LogP contribution >= 0.6 is 0 Å². The molecule has 0 aliphatic carbocycles. The molecule has 2 rings (SSSR count). The smallest absolute Gasteiger partial charge is 0.161 e. The fourth-order valence-electron chi connectivity index (χ4n) is 2.47. The lowest BCUT2D eigenvalue weighted by atomic mass is 10.1. The van der Waals surface area contributed by atoms with E-state index in [4.69, 9.17) is 14.2 Å². The molecule has 0 saturated carbocycles. The molecule has 2 aromatic carbocycles. The van der Waals surface area contributed by atoms with Gasteiger partial charge in [-0.25, -0.2) is 4.99 Å². The third-order valence-electron chi connectivity index (χ3n) is 4.34. The topological polar surface area (TPSA) is 46.5 Å². The Morgan fingerprint density at radius 1 is 1.04 bits per heavy atom. The Bertz CT molecular complexity index is 777. The van der Waals surface area contributed by atoms with E-state index in [-0.39, 0.29) is 0 Å². The van der Waals surface area contributed by atoms with Gasteiger partial charge in [-0.15, -0.1) is 0 Å². The van der Waals surface area contributed by atoms with Crippen LogP contribution in [0.4, 0.5) is 11.4 Å². The van der Waals surface area contributed by atoms with Gasteiger partial charge in [-0.05, 0) is 26.0 Å². The van der Waals surface area contributed by atoms with E-state index in [2.05, 4.69) is 11.9 Å². The van der Waals surface area contributed by atoms with Crippen LogP contribution in [0.2, 0.25) is 0 Å². The van der Waals surface area contributed by atoms with Crippen molar-refractivity contribution in [2.45, 2.75) is 13.8 Å². The second-order valence-electron chi connectivity index (χ2n) is 6.23. The first-order chi connectivity index (χ1) is 13.0. The zero-order chi connectivity index (χ0) is 19.8. The van der Waals surface area contributed by atoms with Gasteiger partial charge in [0.2, 0.25) is 0 Å².